The fraction of sp³-hybridized carbons (Fsp3) is 0.462. The number of nitrogens with two attached hydrogens (primary N) is 1. The smallest absolute Gasteiger partial charge is 0.143 e. The summed E-state index contributed by atoms with van der Waals surface area (Å²) in [5, 5.41) is 9.74. The summed E-state index contributed by atoms with van der Waals surface area (Å²) in [6.07, 6.45) is 0.661. The first kappa shape index (κ1) is 13.0. The van der Waals surface area contributed by atoms with Crippen molar-refractivity contribution in [2.24, 2.45) is 5.73 Å². The maximum Gasteiger partial charge on any atom is 0.143 e. The topological polar surface area (TPSA) is 62.3 Å². The molecule has 0 saturated carbocycles. The molecule has 0 aliphatic carbocycles. The molecule has 4 nitrogen and oxygen atoms in total. The molecule has 1 fully saturated rings. The molecule has 1 aliphatic rings. The molecule has 1 aliphatic heterocycles. The van der Waals surface area contributed by atoms with Crippen LogP contribution in [0.25, 0.3) is 0 Å². The van der Waals surface area contributed by atoms with Crippen molar-refractivity contribution in [2.75, 3.05) is 25.1 Å². The summed E-state index contributed by atoms with van der Waals surface area (Å²) >= 11 is 6.08. The van der Waals surface area contributed by atoms with Crippen molar-refractivity contribution in [1.29, 1.82) is 5.26 Å². The molecule has 1 saturated heterocycles. The van der Waals surface area contributed by atoms with E-state index in [9.17, 15) is 0 Å². The number of aryl methyl sites for hydroxylation is 1. The number of halogens is 1. The van der Waals surface area contributed by atoms with E-state index in [4.69, 9.17) is 27.3 Å². The second-order valence-corrected chi connectivity index (χ2v) is 5.12. The van der Waals surface area contributed by atoms with Gasteiger partial charge in [-0.1, -0.05) is 11.6 Å². The third kappa shape index (κ3) is 2.24. The minimum Gasteiger partial charge on any atom is -0.495 e. The van der Waals surface area contributed by atoms with E-state index in [1.165, 1.54) is 0 Å². The van der Waals surface area contributed by atoms with Gasteiger partial charge in [0, 0.05) is 24.2 Å². The number of hydrogen-bond donors (Lipinski definition) is 1. The lowest BCUT2D eigenvalue weighted by atomic mass is 10.0. The Bertz CT molecular complexity index is 512. The van der Waals surface area contributed by atoms with Crippen molar-refractivity contribution >= 4 is 17.3 Å². The molecule has 0 aromatic heterocycles. The first-order valence-electron chi connectivity index (χ1n) is 5.78. The zero-order chi connectivity index (χ0) is 13.3. The van der Waals surface area contributed by atoms with E-state index in [0.29, 0.717) is 23.7 Å². The van der Waals surface area contributed by atoms with Gasteiger partial charge in [-0.3, -0.25) is 0 Å². The first-order valence-corrected chi connectivity index (χ1v) is 6.16. The third-order valence-electron chi connectivity index (χ3n) is 3.32. The van der Waals surface area contributed by atoms with Crippen LogP contribution in [0.3, 0.4) is 0 Å². The van der Waals surface area contributed by atoms with Gasteiger partial charge >= 0.3 is 0 Å². The predicted octanol–water partition coefficient (Wildman–Crippen LogP) is 2.09. The molecule has 0 spiro atoms. The van der Waals surface area contributed by atoms with Gasteiger partial charge in [-0.2, -0.15) is 5.26 Å². The van der Waals surface area contributed by atoms with Crippen LogP contribution in [0.5, 0.6) is 5.75 Å². The van der Waals surface area contributed by atoms with Crippen LogP contribution in [-0.2, 0) is 0 Å². The predicted molar refractivity (Wildman–Crippen MR) is 72.1 cm³/mol. The van der Waals surface area contributed by atoms with E-state index in [0.717, 1.165) is 17.8 Å². The van der Waals surface area contributed by atoms with Gasteiger partial charge in [-0.25, -0.2) is 0 Å². The van der Waals surface area contributed by atoms with Crippen molar-refractivity contribution < 1.29 is 4.74 Å². The van der Waals surface area contributed by atoms with Crippen LogP contribution in [0.4, 0.5) is 5.69 Å². The molecular weight excluding hydrogens is 250 g/mol. The van der Waals surface area contributed by atoms with Crippen molar-refractivity contribution in [3.63, 3.8) is 0 Å². The first-order chi connectivity index (χ1) is 8.49. The third-order valence-corrected chi connectivity index (χ3v) is 3.73. The van der Waals surface area contributed by atoms with Gasteiger partial charge in [0.1, 0.15) is 11.3 Å². The van der Waals surface area contributed by atoms with Gasteiger partial charge < -0.3 is 15.4 Å². The van der Waals surface area contributed by atoms with E-state index in [1.54, 1.807) is 13.2 Å². The van der Waals surface area contributed by atoms with Crippen molar-refractivity contribution in [3.05, 3.63) is 22.7 Å². The molecule has 2 rings (SSSR count). The highest BCUT2D eigenvalue weighted by Gasteiger charge is 2.35. The monoisotopic (exact) mass is 265 g/mol. The molecular formula is C13H16ClN3O. The normalized spacial score (nSPS) is 22.9. The molecule has 1 atom stereocenters. The summed E-state index contributed by atoms with van der Waals surface area (Å²) in [5.41, 5.74) is 7.14. The van der Waals surface area contributed by atoms with E-state index < -0.39 is 5.54 Å². The number of ether oxygens (including phenoxy) is 1. The van der Waals surface area contributed by atoms with Crippen LogP contribution in [0.2, 0.25) is 5.02 Å². The fourth-order valence-electron chi connectivity index (χ4n) is 2.19. The van der Waals surface area contributed by atoms with Crippen LogP contribution in [0.1, 0.15) is 12.0 Å². The lowest BCUT2D eigenvalue weighted by molar-refractivity contribution is 0.414. The molecule has 1 heterocycles. The molecule has 0 bridgehead atoms. The lowest BCUT2D eigenvalue weighted by Crippen LogP contribution is -2.41. The number of benzene rings is 1. The Hall–Kier alpha value is -1.44. The summed E-state index contributed by atoms with van der Waals surface area (Å²) in [7, 11) is 1.61. The Morgan fingerprint density at radius 3 is 2.83 bits per heavy atom. The van der Waals surface area contributed by atoms with Crippen LogP contribution in [0.15, 0.2) is 12.1 Å². The SMILES string of the molecule is COc1cc(Cl)c(C)cc1N1CCC(N)(C#N)C1. The van der Waals surface area contributed by atoms with Gasteiger partial charge in [-0.05, 0) is 25.0 Å². The highest BCUT2D eigenvalue weighted by atomic mass is 35.5. The summed E-state index contributed by atoms with van der Waals surface area (Å²) < 4.78 is 5.35. The summed E-state index contributed by atoms with van der Waals surface area (Å²) in [5.74, 6) is 0.716. The van der Waals surface area contributed by atoms with Gasteiger partial charge in [0.25, 0.3) is 0 Å². The quantitative estimate of drug-likeness (QED) is 0.889. The van der Waals surface area contributed by atoms with E-state index >= 15 is 0 Å². The van der Waals surface area contributed by atoms with Crippen molar-refractivity contribution in [3.8, 4) is 11.8 Å². The molecule has 1 unspecified atom stereocenters. The standard InChI is InChI=1S/C13H16ClN3O/c1-9-5-11(12(18-2)6-10(9)14)17-4-3-13(16,7-15)8-17/h5-6H,3-4,8,16H2,1-2H3. The molecule has 0 radical (unpaired) electrons. The summed E-state index contributed by atoms with van der Waals surface area (Å²) in [4.78, 5) is 2.07. The van der Waals surface area contributed by atoms with Crippen molar-refractivity contribution in [1.82, 2.24) is 0 Å². The lowest BCUT2D eigenvalue weighted by Gasteiger charge is -2.23. The van der Waals surface area contributed by atoms with Crippen LogP contribution in [-0.4, -0.2) is 25.7 Å². The zero-order valence-corrected chi connectivity index (χ0v) is 11.3. The van der Waals surface area contributed by atoms with Crippen molar-refractivity contribution in [2.45, 2.75) is 18.9 Å². The Balaban J connectivity index is 2.35. The molecule has 1 aromatic rings. The van der Waals surface area contributed by atoms with Crippen LogP contribution in [0, 0.1) is 18.3 Å². The Morgan fingerprint density at radius 2 is 2.28 bits per heavy atom. The number of anilines is 1. The highest BCUT2D eigenvalue weighted by molar-refractivity contribution is 6.31. The number of hydrogen-bond acceptors (Lipinski definition) is 4. The van der Waals surface area contributed by atoms with Crippen LogP contribution >= 0.6 is 11.6 Å². The molecule has 2 N–H and O–H groups in total. The molecule has 18 heavy (non-hydrogen) atoms. The molecule has 5 heteroatoms. The largest absolute Gasteiger partial charge is 0.495 e. The van der Waals surface area contributed by atoms with Crippen LogP contribution < -0.4 is 15.4 Å². The zero-order valence-electron chi connectivity index (χ0n) is 10.5. The number of methoxy groups -OCH3 is 1. The molecule has 1 aromatic carbocycles. The minimum atomic E-state index is -0.765. The molecule has 0 amide bonds. The Morgan fingerprint density at radius 1 is 1.56 bits per heavy atom. The van der Waals surface area contributed by atoms with Gasteiger partial charge in [0.05, 0.1) is 18.9 Å². The molecule has 96 valence electrons. The average Bonchev–Trinajstić information content (AvgIpc) is 2.75. The minimum absolute atomic E-state index is 0.515. The maximum absolute atomic E-state index is 9.06. The van der Waals surface area contributed by atoms with Gasteiger partial charge in [0.2, 0.25) is 0 Å². The Kier molecular flexibility index (Phi) is 3.38. The number of rotatable bonds is 2. The van der Waals surface area contributed by atoms with E-state index in [1.807, 2.05) is 13.0 Å². The van der Waals surface area contributed by atoms with Gasteiger partial charge in [0.15, 0.2) is 0 Å². The summed E-state index contributed by atoms with van der Waals surface area (Å²) in [6, 6.07) is 5.95. The van der Waals surface area contributed by atoms with E-state index in [2.05, 4.69) is 11.0 Å². The average molecular weight is 266 g/mol. The number of nitrogens with zero attached hydrogens (tertiary/aromatic N) is 2. The second kappa shape index (κ2) is 4.68. The second-order valence-electron chi connectivity index (χ2n) is 4.71. The highest BCUT2D eigenvalue weighted by Crippen LogP contribution is 2.36. The fourth-order valence-corrected chi connectivity index (χ4v) is 2.34. The van der Waals surface area contributed by atoms with Gasteiger partial charge in [-0.15, -0.1) is 0 Å². The Labute approximate surface area is 112 Å². The number of nitriles is 1. The maximum atomic E-state index is 9.06. The van der Waals surface area contributed by atoms with E-state index in [-0.39, 0.29) is 0 Å². The summed E-state index contributed by atoms with van der Waals surface area (Å²) in [6.45, 7) is 3.21.